The molecule has 5 nitrogen and oxygen atoms in total. The summed E-state index contributed by atoms with van der Waals surface area (Å²) in [6, 6.07) is 4.03. The van der Waals surface area contributed by atoms with Gasteiger partial charge < -0.3 is 15.2 Å². The number of thioether (sulfide) groups is 1. The van der Waals surface area contributed by atoms with E-state index in [0.717, 1.165) is 20.5 Å². The summed E-state index contributed by atoms with van der Waals surface area (Å²) in [6.45, 7) is 4.34. The summed E-state index contributed by atoms with van der Waals surface area (Å²) in [6.07, 6.45) is 0.301. The number of hydrogen-bond donors (Lipinski definition) is 2. The molecule has 0 spiro atoms. The third-order valence-electron chi connectivity index (χ3n) is 3.62. The van der Waals surface area contributed by atoms with Crippen LogP contribution in [0, 0.1) is 13.8 Å². The van der Waals surface area contributed by atoms with Crippen LogP contribution in [0.2, 0.25) is 0 Å². The molecular weight excluding hydrogens is 370 g/mol. The summed E-state index contributed by atoms with van der Waals surface area (Å²) in [5.74, 6) is -1.16. The fourth-order valence-electron chi connectivity index (χ4n) is 2.24. The minimum atomic E-state index is -1.28. The first kappa shape index (κ1) is 17.3. The molecule has 2 rings (SSSR count). The van der Waals surface area contributed by atoms with Gasteiger partial charge in [0.1, 0.15) is 0 Å². The lowest BCUT2D eigenvalue weighted by molar-refractivity contribution is -0.147. The average molecular weight is 388 g/mol. The summed E-state index contributed by atoms with van der Waals surface area (Å²) in [4.78, 5) is 24.5. The molecule has 22 heavy (non-hydrogen) atoms. The van der Waals surface area contributed by atoms with Gasteiger partial charge in [-0.3, -0.25) is 4.79 Å². The van der Waals surface area contributed by atoms with Gasteiger partial charge in [-0.25, -0.2) is 4.79 Å². The van der Waals surface area contributed by atoms with E-state index >= 15 is 0 Å². The lowest BCUT2D eigenvalue weighted by atomic mass is 9.99. The number of aryl methyl sites for hydroxylation is 2. The zero-order valence-electron chi connectivity index (χ0n) is 12.4. The minimum absolute atomic E-state index is 0.0230. The van der Waals surface area contributed by atoms with Gasteiger partial charge in [0.15, 0.2) is 5.54 Å². The molecule has 1 fully saturated rings. The highest BCUT2D eigenvalue weighted by Crippen LogP contribution is 2.28. The third kappa shape index (κ3) is 3.83. The van der Waals surface area contributed by atoms with Gasteiger partial charge in [-0.1, -0.05) is 15.9 Å². The van der Waals surface area contributed by atoms with Gasteiger partial charge in [0.05, 0.1) is 12.4 Å². The first-order chi connectivity index (χ1) is 10.3. The van der Waals surface area contributed by atoms with Crippen LogP contribution >= 0.6 is 27.7 Å². The molecule has 0 bridgehead atoms. The van der Waals surface area contributed by atoms with Gasteiger partial charge in [-0.15, -0.1) is 11.8 Å². The maximum absolute atomic E-state index is 12.1. The molecule has 2 N–H and O–H groups in total. The third-order valence-corrected chi connectivity index (χ3v) is 5.64. The Morgan fingerprint density at radius 2 is 2.14 bits per heavy atom. The molecule has 0 aliphatic carbocycles. The van der Waals surface area contributed by atoms with Crippen LogP contribution in [0.1, 0.15) is 17.5 Å². The van der Waals surface area contributed by atoms with Crippen LogP contribution in [0.5, 0.6) is 0 Å². The number of ether oxygens (including phenoxy) is 1. The normalized spacial score (nSPS) is 20.9. The molecular formula is C15H18BrNO4S. The van der Waals surface area contributed by atoms with Crippen molar-refractivity contribution in [1.29, 1.82) is 0 Å². The minimum Gasteiger partial charge on any atom is -0.479 e. The standard InChI is InChI=1S/C15H18BrNO4S/c1-9-6-12(10(2)5-11(9)16)22-7-13(18)17-15(14(19)20)3-4-21-8-15/h5-6H,3-4,7-8H2,1-2H3,(H,17,18)(H,19,20). The zero-order chi connectivity index (χ0) is 16.3. The van der Waals surface area contributed by atoms with E-state index in [1.807, 2.05) is 26.0 Å². The van der Waals surface area contributed by atoms with E-state index in [9.17, 15) is 14.7 Å². The second-order valence-corrected chi connectivity index (χ2v) is 7.27. The lowest BCUT2D eigenvalue weighted by Crippen LogP contribution is -2.55. The van der Waals surface area contributed by atoms with E-state index < -0.39 is 11.5 Å². The van der Waals surface area contributed by atoms with Crippen molar-refractivity contribution in [2.45, 2.75) is 30.7 Å². The van der Waals surface area contributed by atoms with Crippen LogP contribution in [-0.4, -0.2) is 41.5 Å². The summed E-state index contributed by atoms with van der Waals surface area (Å²) in [7, 11) is 0. The Kier molecular flexibility index (Phi) is 5.52. The van der Waals surface area contributed by atoms with E-state index in [1.54, 1.807) is 0 Å². The summed E-state index contributed by atoms with van der Waals surface area (Å²) < 4.78 is 6.16. The molecule has 120 valence electrons. The molecule has 1 saturated heterocycles. The van der Waals surface area contributed by atoms with Crippen molar-refractivity contribution >= 4 is 39.6 Å². The van der Waals surface area contributed by atoms with Crippen molar-refractivity contribution in [3.05, 3.63) is 27.7 Å². The molecule has 0 saturated carbocycles. The van der Waals surface area contributed by atoms with Crippen molar-refractivity contribution in [1.82, 2.24) is 5.32 Å². The van der Waals surface area contributed by atoms with Crippen molar-refractivity contribution in [3.63, 3.8) is 0 Å². The molecule has 0 aromatic heterocycles. The fourth-order valence-corrected chi connectivity index (χ4v) is 3.61. The van der Waals surface area contributed by atoms with E-state index in [1.165, 1.54) is 11.8 Å². The molecule has 1 aromatic rings. The second-order valence-electron chi connectivity index (χ2n) is 5.39. The van der Waals surface area contributed by atoms with Crippen LogP contribution < -0.4 is 5.32 Å². The van der Waals surface area contributed by atoms with Gasteiger partial charge in [0.2, 0.25) is 5.91 Å². The maximum atomic E-state index is 12.1. The number of carboxylic acids is 1. The Morgan fingerprint density at radius 3 is 2.73 bits per heavy atom. The van der Waals surface area contributed by atoms with Crippen molar-refractivity contribution < 1.29 is 19.4 Å². The number of hydrogen-bond acceptors (Lipinski definition) is 4. The van der Waals surface area contributed by atoms with Gasteiger partial charge >= 0.3 is 5.97 Å². The molecule has 0 radical (unpaired) electrons. The number of carbonyl (C=O) groups is 2. The Morgan fingerprint density at radius 1 is 1.41 bits per heavy atom. The first-order valence-corrected chi connectivity index (χ1v) is 8.63. The number of amides is 1. The number of carbonyl (C=O) groups excluding carboxylic acids is 1. The average Bonchev–Trinajstić information content (AvgIpc) is 2.91. The molecule has 1 unspecified atom stereocenters. The smallest absolute Gasteiger partial charge is 0.331 e. The van der Waals surface area contributed by atoms with Crippen LogP contribution in [0.3, 0.4) is 0 Å². The number of benzene rings is 1. The van der Waals surface area contributed by atoms with Crippen molar-refractivity contribution in [2.24, 2.45) is 0 Å². The van der Waals surface area contributed by atoms with E-state index in [0.29, 0.717) is 13.0 Å². The van der Waals surface area contributed by atoms with Crippen molar-refractivity contribution in [2.75, 3.05) is 19.0 Å². The van der Waals surface area contributed by atoms with E-state index in [4.69, 9.17) is 4.74 Å². The monoisotopic (exact) mass is 387 g/mol. The summed E-state index contributed by atoms with van der Waals surface area (Å²) >= 11 is 4.88. The second kappa shape index (κ2) is 7.02. The Labute approximate surface area is 141 Å². The number of aliphatic carboxylic acids is 1. The largest absolute Gasteiger partial charge is 0.479 e. The highest BCUT2D eigenvalue weighted by molar-refractivity contribution is 9.10. The van der Waals surface area contributed by atoms with E-state index in [2.05, 4.69) is 21.2 Å². The van der Waals surface area contributed by atoms with Crippen LogP contribution in [-0.2, 0) is 14.3 Å². The predicted octanol–water partition coefficient (Wildman–Crippen LogP) is 2.52. The van der Waals surface area contributed by atoms with Crippen LogP contribution in [0.4, 0.5) is 0 Å². The van der Waals surface area contributed by atoms with Gasteiger partial charge in [0, 0.05) is 22.4 Å². The molecule has 1 heterocycles. The van der Waals surface area contributed by atoms with Crippen LogP contribution in [0.15, 0.2) is 21.5 Å². The number of nitrogens with one attached hydrogen (secondary N) is 1. The summed E-state index contributed by atoms with van der Waals surface area (Å²) in [5, 5.41) is 11.9. The molecule has 7 heteroatoms. The Balaban J connectivity index is 1.98. The number of halogens is 1. The van der Waals surface area contributed by atoms with Crippen LogP contribution in [0.25, 0.3) is 0 Å². The summed E-state index contributed by atoms with van der Waals surface area (Å²) in [5.41, 5.74) is 0.898. The maximum Gasteiger partial charge on any atom is 0.331 e. The van der Waals surface area contributed by atoms with Gasteiger partial charge in [-0.2, -0.15) is 0 Å². The van der Waals surface area contributed by atoms with Gasteiger partial charge in [-0.05, 0) is 37.1 Å². The molecule has 1 aromatic carbocycles. The highest BCUT2D eigenvalue weighted by atomic mass is 79.9. The highest BCUT2D eigenvalue weighted by Gasteiger charge is 2.43. The van der Waals surface area contributed by atoms with Gasteiger partial charge in [0.25, 0.3) is 0 Å². The Bertz CT molecular complexity index is 599. The number of rotatable bonds is 5. The number of carboxylic acid groups (broad SMARTS) is 1. The first-order valence-electron chi connectivity index (χ1n) is 6.86. The lowest BCUT2D eigenvalue weighted by Gasteiger charge is -2.23. The quantitative estimate of drug-likeness (QED) is 0.759. The molecule has 1 amide bonds. The molecule has 1 atom stereocenters. The van der Waals surface area contributed by atoms with Crippen molar-refractivity contribution in [3.8, 4) is 0 Å². The molecule has 1 aliphatic heterocycles. The zero-order valence-corrected chi connectivity index (χ0v) is 14.8. The van der Waals surface area contributed by atoms with E-state index in [-0.39, 0.29) is 18.3 Å². The predicted molar refractivity (Wildman–Crippen MR) is 88.3 cm³/mol. The Hall–Kier alpha value is -1.05. The fraction of sp³-hybridized carbons (Fsp3) is 0.467. The SMILES string of the molecule is Cc1cc(SCC(=O)NC2(C(=O)O)CCOC2)c(C)cc1Br. The molecule has 1 aliphatic rings. The topological polar surface area (TPSA) is 75.6 Å².